The van der Waals surface area contributed by atoms with Crippen LogP contribution in [-0.2, 0) is 13.1 Å². The van der Waals surface area contributed by atoms with E-state index in [2.05, 4.69) is 25.7 Å². The highest BCUT2D eigenvalue weighted by Gasteiger charge is 2.14. The van der Waals surface area contributed by atoms with Crippen LogP contribution >= 0.6 is 11.6 Å². The van der Waals surface area contributed by atoms with Gasteiger partial charge in [0, 0.05) is 24.0 Å². The fraction of sp³-hybridized carbons (Fsp3) is 0.286. The molecule has 0 spiro atoms. The third-order valence-electron chi connectivity index (χ3n) is 3.55. The monoisotopic (exact) mass is 333 g/mol. The fourth-order valence-corrected chi connectivity index (χ4v) is 2.45. The molecule has 23 heavy (non-hydrogen) atoms. The van der Waals surface area contributed by atoms with Gasteiger partial charge in [-0.25, -0.2) is 0 Å². The Kier molecular flexibility index (Phi) is 4.16. The number of hydrogen-bond acceptors (Lipinski definition) is 4. The van der Waals surface area contributed by atoms with Gasteiger partial charge in [-0.1, -0.05) is 11.6 Å². The molecule has 3 aromatic heterocycles. The molecular formula is C14H16ClN7O. The summed E-state index contributed by atoms with van der Waals surface area (Å²) in [5, 5.41) is 17.8. The van der Waals surface area contributed by atoms with E-state index >= 15 is 0 Å². The number of amides is 1. The number of aromatic nitrogens is 6. The summed E-state index contributed by atoms with van der Waals surface area (Å²) in [6, 6.07) is 0. The molecule has 8 nitrogen and oxygen atoms in total. The number of hydrogen-bond donors (Lipinski definition) is 2. The molecule has 0 aromatic carbocycles. The Morgan fingerprint density at radius 1 is 1.35 bits per heavy atom. The molecule has 0 aliphatic heterocycles. The van der Waals surface area contributed by atoms with Crippen molar-refractivity contribution in [3.63, 3.8) is 0 Å². The Morgan fingerprint density at radius 2 is 2.17 bits per heavy atom. The van der Waals surface area contributed by atoms with Gasteiger partial charge in [-0.2, -0.15) is 15.3 Å². The van der Waals surface area contributed by atoms with E-state index in [1.54, 1.807) is 17.1 Å². The van der Waals surface area contributed by atoms with Gasteiger partial charge in [-0.05, 0) is 13.8 Å². The average Bonchev–Trinajstić information content (AvgIpc) is 3.22. The minimum absolute atomic E-state index is 0.222. The van der Waals surface area contributed by atoms with E-state index in [4.69, 9.17) is 11.6 Å². The molecule has 3 rings (SSSR count). The number of aryl methyl sites for hydroxylation is 1. The van der Waals surface area contributed by atoms with Crippen LogP contribution in [0.2, 0.25) is 5.02 Å². The zero-order valence-corrected chi connectivity index (χ0v) is 13.5. The number of nitrogens with zero attached hydrogens (tertiary/aromatic N) is 5. The van der Waals surface area contributed by atoms with Gasteiger partial charge in [0.2, 0.25) is 0 Å². The second-order valence-corrected chi connectivity index (χ2v) is 5.45. The summed E-state index contributed by atoms with van der Waals surface area (Å²) in [6.07, 6.45) is 6.56. The summed E-state index contributed by atoms with van der Waals surface area (Å²) in [7, 11) is 0. The first-order valence-corrected chi connectivity index (χ1v) is 7.50. The van der Waals surface area contributed by atoms with Gasteiger partial charge in [-0.15, -0.1) is 0 Å². The van der Waals surface area contributed by atoms with E-state index < -0.39 is 0 Å². The van der Waals surface area contributed by atoms with E-state index in [9.17, 15) is 4.79 Å². The molecule has 3 heterocycles. The summed E-state index contributed by atoms with van der Waals surface area (Å²) in [5.41, 5.74) is 3.00. The minimum atomic E-state index is -0.359. The second kappa shape index (κ2) is 6.25. The number of carbonyl (C=O) groups is 1. The minimum Gasteiger partial charge on any atom is -0.318 e. The van der Waals surface area contributed by atoms with Crippen molar-refractivity contribution in [2.24, 2.45) is 0 Å². The third-order valence-corrected chi connectivity index (χ3v) is 3.83. The summed E-state index contributed by atoms with van der Waals surface area (Å²) in [4.78, 5) is 12.0. The molecule has 0 aliphatic rings. The third kappa shape index (κ3) is 3.11. The maximum absolute atomic E-state index is 12.0. The van der Waals surface area contributed by atoms with Crippen molar-refractivity contribution in [2.45, 2.75) is 26.9 Å². The molecule has 0 radical (unpaired) electrons. The quantitative estimate of drug-likeness (QED) is 0.747. The first kappa shape index (κ1) is 15.3. The van der Waals surface area contributed by atoms with Crippen LogP contribution < -0.4 is 5.32 Å². The van der Waals surface area contributed by atoms with Crippen LogP contribution in [0.4, 0.5) is 5.69 Å². The highest BCUT2D eigenvalue weighted by molar-refractivity contribution is 6.34. The Labute approximate surface area is 137 Å². The number of anilines is 1. The first-order chi connectivity index (χ1) is 11.1. The van der Waals surface area contributed by atoms with E-state index in [1.807, 2.05) is 24.7 Å². The van der Waals surface area contributed by atoms with Crippen molar-refractivity contribution in [1.29, 1.82) is 0 Å². The predicted octanol–water partition coefficient (Wildman–Crippen LogP) is 2.09. The van der Waals surface area contributed by atoms with Crippen molar-refractivity contribution >= 4 is 23.2 Å². The van der Waals surface area contributed by atoms with E-state index in [1.165, 1.54) is 6.20 Å². The predicted molar refractivity (Wildman–Crippen MR) is 85.5 cm³/mol. The molecule has 1 amide bonds. The lowest BCUT2D eigenvalue weighted by atomic mass is 10.2. The maximum Gasteiger partial charge on any atom is 0.275 e. The lowest BCUT2D eigenvalue weighted by molar-refractivity contribution is 0.102. The molecule has 2 N–H and O–H groups in total. The zero-order valence-electron chi connectivity index (χ0n) is 12.7. The van der Waals surface area contributed by atoms with Crippen molar-refractivity contribution in [1.82, 2.24) is 29.8 Å². The Morgan fingerprint density at radius 3 is 2.83 bits per heavy atom. The number of rotatable bonds is 5. The number of nitrogens with one attached hydrogen (secondary N) is 2. The average molecular weight is 334 g/mol. The molecular weight excluding hydrogens is 318 g/mol. The highest BCUT2D eigenvalue weighted by Crippen LogP contribution is 2.15. The Hall–Kier alpha value is -2.61. The molecule has 0 fully saturated rings. The summed E-state index contributed by atoms with van der Waals surface area (Å²) in [5.74, 6) is -0.359. The molecule has 9 heteroatoms. The lowest BCUT2D eigenvalue weighted by Crippen LogP contribution is -2.12. The SMILES string of the molecule is CCn1ncc(Cn2cc(NC(=O)c3[nH]ncc3Cl)cn2)c1C. The van der Waals surface area contributed by atoms with Crippen molar-refractivity contribution < 1.29 is 4.79 Å². The number of aromatic amines is 1. The molecule has 120 valence electrons. The summed E-state index contributed by atoms with van der Waals surface area (Å²) < 4.78 is 3.68. The van der Waals surface area contributed by atoms with E-state index in [0.29, 0.717) is 12.2 Å². The number of H-pyrrole nitrogens is 1. The first-order valence-electron chi connectivity index (χ1n) is 7.12. The Balaban J connectivity index is 1.69. The van der Waals surface area contributed by atoms with Crippen LogP contribution in [0.3, 0.4) is 0 Å². The van der Waals surface area contributed by atoms with E-state index in [0.717, 1.165) is 17.8 Å². The van der Waals surface area contributed by atoms with Gasteiger partial charge >= 0.3 is 0 Å². The lowest BCUT2D eigenvalue weighted by Gasteiger charge is -2.03. The standard InChI is InChI=1S/C14H16ClN7O/c1-3-22-9(2)10(4-18-22)7-21-8-11(5-17-21)19-14(23)13-12(15)6-16-20-13/h4-6,8H,3,7H2,1-2H3,(H,16,20)(H,19,23). The number of carbonyl (C=O) groups excluding carboxylic acids is 1. The van der Waals surface area contributed by atoms with Crippen LogP contribution in [0.15, 0.2) is 24.8 Å². The Bertz CT molecular complexity index is 832. The van der Waals surface area contributed by atoms with Gasteiger partial charge in [0.25, 0.3) is 5.91 Å². The van der Waals surface area contributed by atoms with Gasteiger partial charge in [0.05, 0.1) is 35.8 Å². The largest absolute Gasteiger partial charge is 0.318 e. The number of halogens is 1. The summed E-state index contributed by atoms with van der Waals surface area (Å²) in [6.45, 7) is 5.49. The highest BCUT2D eigenvalue weighted by atomic mass is 35.5. The zero-order chi connectivity index (χ0) is 16.4. The van der Waals surface area contributed by atoms with Crippen molar-refractivity contribution in [2.75, 3.05) is 5.32 Å². The molecule has 0 bridgehead atoms. The molecule has 0 unspecified atom stereocenters. The van der Waals surface area contributed by atoms with Gasteiger partial charge in [-0.3, -0.25) is 19.3 Å². The van der Waals surface area contributed by atoms with Gasteiger partial charge in [0.1, 0.15) is 5.69 Å². The maximum atomic E-state index is 12.0. The normalized spacial score (nSPS) is 10.9. The second-order valence-electron chi connectivity index (χ2n) is 5.04. The fourth-order valence-electron chi connectivity index (χ4n) is 2.27. The van der Waals surface area contributed by atoms with Crippen molar-refractivity contribution in [3.05, 3.63) is 46.8 Å². The van der Waals surface area contributed by atoms with Gasteiger partial charge < -0.3 is 5.32 Å². The van der Waals surface area contributed by atoms with Crippen LogP contribution in [0, 0.1) is 6.92 Å². The van der Waals surface area contributed by atoms with Crippen LogP contribution in [-0.4, -0.2) is 35.7 Å². The molecule has 0 aliphatic carbocycles. The van der Waals surface area contributed by atoms with Crippen LogP contribution in [0.25, 0.3) is 0 Å². The molecule has 0 atom stereocenters. The molecule has 0 saturated carbocycles. The van der Waals surface area contributed by atoms with Crippen LogP contribution in [0.1, 0.15) is 28.7 Å². The van der Waals surface area contributed by atoms with E-state index in [-0.39, 0.29) is 16.6 Å². The van der Waals surface area contributed by atoms with Crippen LogP contribution in [0.5, 0.6) is 0 Å². The molecule has 3 aromatic rings. The van der Waals surface area contributed by atoms with Crippen molar-refractivity contribution in [3.8, 4) is 0 Å². The smallest absolute Gasteiger partial charge is 0.275 e. The molecule has 0 saturated heterocycles. The topological polar surface area (TPSA) is 93.4 Å². The summed E-state index contributed by atoms with van der Waals surface area (Å²) >= 11 is 5.86. The van der Waals surface area contributed by atoms with Gasteiger partial charge in [0.15, 0.2) is 0 Å².